The number of aromatic nitrogens is 1. The zero-order valence-corrected chi connectivity index (χ0v) is 6.67. The van der Waals surface area contributed by atoms with Gasteiger partial charge in [0.2, 0.25) is 0 Å². The maximum Gasteiger partial charge on any atom is 0.129 e. The molecular formula is C8H8ClNO. The lowest BCUT2D eigenvalue weighted by atomic mass is 10.2. The Morgan fingerprint density at radius 2 is 2.45 bits per heavy atom. The summed E-state index contributed by atoms with van der Waals surface area (Å²) in [4.78, 5) is 3.91. The van der Waals surface area contributed by atoms with E-state index in [-0.39, 0.29) is 6.10 Å². The molecule has 58 valence electrons. The Hall–Kier alpha value is -0.600. The number of pyridine rings is 1. The predicted molar refractivity (Wildman–Crippen MR) is 42.5 cm³/mol. The molecule has 0 fully saturated rings. The molecule has 2 rings (SSSR count). The average molecular weight is 170 g/mol. The van der Waals surface area contributed by atoms with E-state index >= 15 is 0 Å². The van der Waals surface area contributed by atoms with Gasteiger partial charge in [-0.2, -0.15) is 0 Å². The van der Waals surface area contributed by atoms with Crippen LogP contribution < -0.4 is 0 Å². The average Bonchev–Trinajstić information content (AvgIpc) is 2.32. The van der Waals surface area contributed by atoms with Crippen LogP contribution in [0.4, 0.5) is 0 Å². The van der Waals surface area contributed by atoms with Crippen molar-refractivity contribution in [3.8, 4) is 0 Å². The molecule has 3 heteroatoms. The van der Waals surface area contributed by atoms with Crippen LogP contribution in [0.15, 0.2) is 12.3 Å². The van der Waals surface area contributed by atoms with Gasteiger partial charge < -0.3 is 5.11 Å². The molecule has 1 N–H and O–H groups in total. The van der Waals surface area contributed by atoms with Crippen LogP contribution in [0.5, 0.6) is 0 Å². The molecule has 0 bridgehead atoms. The first-order chi connectivity index (χ1) is 5.27. The number of aryl methyl sites for hydroxylation is 1. The Balaban J connectivity index is 2.50. The monoisotopic (exact) mass is 169 g/mol. The summed E-state index contributed by atoms with van der Waals surface area (Å²) in [7, 11) is 0. The maximum atomic E-state index is 9.39. The SMILES string of the molecule is O[C@H]1CCc2cc(Cl)ncc21. The fraction of sp³-hybridized carbons (Fsp3) is 0.375. The van der Waals surface area contributed by atoms with E-state index in [0.717, 1.165) is 24.0 Å². The Morgan fingerprint density at radius 1 is 1.64 bits per heavy atom. The minimum absolute atomic E-state index is 0.324. The van der Waals surface area contributed by atoms with Gasteiger partial charge in [0.15, 0.2) is 0 Å². The van der Waals surface area contributed by atoms with Gasteiger partial charge in [-0.05, 0) is 24.5 Å². The van der Waals surface area contributed by atoms with Gasteiger partial charge in [0, 0.05) is 11.8 Å². The molecule has 0 aliphatic heterocycles. The Bertz CT molecular complexity index is 287. The summed E-state index contributed by atoms with van der Waals surface area (Å²) in [5, 5.41) is 9.90. The van der Waals surface area contributed by atoms with E-state index < -0.39 is 0 Å². The molecule has 1 aromatic heterocycles. The third-order valence-electron chi connectivity index (χ3n) is 2.04. The molecule has 0 radical (unpaired) electrons. The number of hydrogen-bond acceptors (Lipinski definition) is 2. The van der Waals surface area contributed by atoms with Crippen LogP contribution in [0.3, 0.4) is 0 Å². The molecule has 1 atom stereocenters. The minimum atomic E-state index is -0.324. The molecule has 1 aliphatic rings. The van der Waals surface area contributed by atoms with E-state index in [4.69, 9.17) is 11.6 Å². The molecule has 2 nitrogen and oxygen atoms in total. The molecule has 0 saturated carbocycles. The quantitative estimate of drug-likeness (QED) is 0.600. The molecule has 11 heavy (non-hydrogen) atoms. The molecule has 0 aromatic carbocycles. The van der Waals surface area contributed by atoms with Crippen molar-refractivity contribution >= 4 is 11.6 Å². The van der Waals surface area contributed by atoms with Crippen LogP contribution in [0.1, 0.15) is 23.7 Å². The fourth-order valence-corrected chi connectivity index (χ4v) is 1.62. The van der Waals surface area contributed by atoms with E-state index in [9.17, 15) is 5.11 Å². The second-order valence-corrected chi connectivity index (χ2v) is 3.15. The fourth-order valence-electron chi connectivity index (χ4n) is 1.44. The number of aliphatic hydroxyl groups excluding tert-OH is 1. The van der Waals surface area contributed by atoms with Crippen LogP contribution in [0.25, 0.3) is 0 Å². The van der Waals surface area contributed by atoms with Crippen LogP contribution in [0.2, 0.25) is 5.15 Å². The minimum Gasteiger partial charge on any atom is -0.388 e. The lowest BCUT2D eigenvalue weighted by Gasteiger charge is -2.01. The van der Waals surface area contributed by atoms with E-state index in [2.05, 4.69) is 4.98 Å². The van der Waals surface area contributed by atoms with Crippen molar-refractivity contribution < 1.29 is 5.11 Å². The third-order valence-corrected chi connectivity index (χ3v) is 2.24. The number of fused-ring (bicyclic) bond motifs is 1. The van der Waals surface area contributed by atoms with Gasteiger partial charge in [0.05, 0.1) is 6.10 Å². The third kappa shape index (κ3) is 1.12. The van der Waals surface area contributed by atoms with Crippen molar-refractivity contribution in [2.24, 2.45) is 0 Å². The molecule has 0 amide bonds. The first-order valence-corrected chi connectivity index (χ1v) is 3.97. The first kappa shape index (κ1) is 7.07. The van der Waals surface area contributed by atoms with Crippen LogP contribution in [-0.2, 0) is 6.42 Å². The van der Waals surface area contributed by atoms with Crippen molar-refractivity contribution in [2.75, 3.05) is 0 Å². The Morgan fingerprint density at radius 3 is 3.27 bits per heavy atom. The van der Waals surface area contributed by atoms with Crippen molar-refractivity contribution in [1.82, 2.24) is 4.98 Å². The highest BCUT2D eigenvalue weighted by Gasteiger charge is 2.20. The number of rotatable bonds is 0. The summed E-state index contributed by atoms with van der Waals surface area (Å²) < 4.78 is 0. The number of aliphatic hydroxyl groups is 1. The predicted octanol–water partition coefficient (Wildman–Crippen LogP) is 1.71. The number of nitrogens with zero attached hydrogens (tertiary/aromatic N) is 1. The molecular weight excluding hydrogens is 162 g/mol. The van der Waals surface area contributed by atoms with Gasteiger partial charge in [-0.25, -0.2) is 4.98 Å². The summed E-state index contributed by atoms with van der Waals surface area (Å²) in [5.41, 5.74) is 2.08. The van der Waals surface area contributed by atoms with E-state index in [1.54, 1.807) is 6.20 Å². The zero-order valence-electron chi connectivity index (χ0n) is 5.92. The molecule has 0 spiro atoms. The van der Waals surface area contributed by atoms with Gasteiger partial charge in [0.25, 0.3) is 0 Å². The zero-order chi connectivity index (χ0) is 7.84. The summed E-state index contributed by atoms with van der Waals surface area (Å²) in [6.45, 7) is 0. The highest BCUT2D eigenvalue weighted by atomic mass is 35.5. The molecule has 1 aromatic rings. The van der Waals surface area contributed by atoms with Crippen molar-refractivity contribution in [2.45, 2.75) is 18.9 Å². The molecule has 0 saturated heterocycles. The van der Waals surface area contributed by atoms with Gasteiger partial charge >= 0.3 is 0 Å². The van der Waals surface area contributed by atoms with Crippen LogP contribution in [0, 0.1) is 0 Å². The maximum absolute atomic E-state index is 9.39. The summed E-state index contributed by atoms with van der Waals surface area (Å²) in [6.07, 6.45) is 3.06. The lowest BCUT2D eigenvalue weighted by Crippen LogP contribution is -1.90. The van der Waals surface area contributed by atoms with Crippen molar-refractivity contribution in [1.29, 1.82) is 0 Å². The smallest absolute Gasteiger partial charge is 0.129 e. The second-order valence-electron chi connectivity index (χ2n) is 2.76. The van der Waals surface area contributed by atoms with E-state index in [1.807, 2.05) is 6.07 Å². The summed E-state index contributed by atoms with van der Waals surface area (Å²) >= 11 is 5.68. The highest BCUT2D eigenvalue weighted by molar-refractivity contribution is 6.29. The normalized spacial score (nSPS) is 21.8. The molecule has 1 heterocycles. The second kappa shape index (κ2) is 2.47. The van der Waals surface area contributed by atoms with E-state index in [1.165, 1.54) is 0 Å². The number of halogens is 1. The topological polar surface area (TPSA) is 33.1 Å². The van der Waals surface area contributed by atoms with Crippen LogP contribution in [-0.4, -0.2) is 10.1 Å². The van der Waals surface area contributed by atoms with Crippen molar-refractivity contribution in [3.63, 3.8) is 0 Å². The van der Waals surface area contributed by atoms with Gasteiger partial charge in [-0.15, -0.1) is 0 Å². The Labute approximate surface area is 69.8 Å². The number of hydrogen-bond donors (Lipinski definition) is 1. The van der Waals surface area contributed by atoms with Gasteiger partial charge in [-0.1, -0.05) is 11.6 Å². The van der Waals surface area contributed by atoms with E-state index in [0.29, 0.717) is 5.15 Å². The Kier molecular flexibility index (Phi) is 1.59. The summed E-state index contributed by atoms with van der Waals surface area (Å²) in [5.74, 6) is 0. The van der Waals surface area contributed by atoms with Gasteiger partial charge in [0.1, 0.15) is 5.15 Å². The largest absolute Gasteiger partial charge is 0.388 e. The highest BCUT2D eigenvalue weighted by Crippen LogP contribution is 2.31. The lowest BCUT2D eigenvalue weighted by molar-refractivity contribution is 0.179. The standard InChI is InChI=1S/C8H8ClNO/c9-8-3-5-1-2-7(11)6(5)4-10-8/h3-4,7,11H,1-2H2/t7-/m0/s1. The van der Waals surface area contributed by atoms with Crippen LogP contribution >= 0.6 is 11.6 Å². The summed E-state index contributed by atoms with van der Waals surface area (Å²) in [6, 6.07) is 1.83. The first-order valence-electron chi connectivity index (χ1n) is 3.60. The molecule has 0 unspecified atom stereocenters. The van der Waals surface area contributed by atoms with Crippen molar-refractivity contribution in [3.05, 3.63) is 28.5 Å². The van der Waals surface area contributed by atoms with Gasteiger partial charge in [-0.3, -0.25) is 0 Å². The molecule has 1 aliphatic carbocycles.